The average Bonchev–Trinajstić information content (AvgIpc) is 3.25. The zero-order valence-electron chi connectivity index (χ0n) is 21.6. The van der Waals surface area contributed by atoms with Crippen LogP contribution in [0.3, 0.4) is 0 Å². The molecule has 0 atom stereocenters. The molecule has 0 spiro atoms. The van der Waals surface area contributed by atoms with E-state index in [0.717, 1.165) is 73.8 Å². The number of anilines is 2. The summed E-state index contributed by atoms with van der Waals surface area (Å²) in [5.41, 5.74) is 4.52. The van der Waals surface area contributed by atoms with Crippen molar-refractivity contribution in [2.24, 2.45) is 0 Å². The van der Waals surface area contributed by atoms with Gasteiger partial charge in [-0.05, 0) is 61.2 Å². The Hall–Kier alpha value is -3.69. The van der Waals surface area contributed by atoms with Gasteiger partial charge in [0.1, 0.15) is 17.3 Å². The van der Waals surface area contributed by atoms with Gasteiger partial charge < -0.3 is 24.4 Å². The molecule has 1 saturated heterocycles. The molecule has 0 unspecified atom stereocenters. The molecule has 7 nitrogen and oxygen atoms in total. The third kappa shape index (κ3) is 5.58. The molecule has 3 aromatic rings. The average molecular weight is 528 g/mol. The minimum atomic E-state index is -4.69. The number of rotatable bonds is 8. The lowest BCUT2D eigenvalue weighted by molar-refractivity contribution is -0.274. The zero-order chi connectivity index (χ0) is 26.9. The SMILES string of the molecule is CCc1nc2n(c1C(=O)NCc1ccc(N(C)C3CN(c4ccc(OC(F)(F)F)cc4)C3)cc1)CCCC2. The van der Waals surface area contributed by atoms with Crippen molar-refractivity contribution in [3.05, 3.63) is 71.3 Å². The summed E-state index contributed by atoms with van der Waals surface area (Å²) in [7, 11) is 2.04. The predicted octanol–water partition coefficient (Wildman–Crippen LogP) is 4.94. The van der Waals surface area contributed by atoms with E-state index in [1.54, 1.807) is 12.1 Å². The number of fused-ring (bicyclic) bond motifs is 1. The van der Waals surface area contributed by atoms with Gasteiger partial charge in [-0.15, -0.1) is 13.2 Å². The Morgan fingerprint density at radius 1 is 1.11 bits per heavy atom. The van der Waals surface area contributed by atoms with E-state index in [-0.39, 0.29) is 17.7 Å². The number of aryl methyl sites for hydroxylation is 2. The van der Waals surface area contributed by atoms with E-state index in [9.17, 15) is 18.0 Å². The number of nitrogens with one attached hydrogen (secondary N) is 1. The number of halogens is 3. The summed E-state index contributed by atoms with van der Waals surface area (Å²) in [5.74, 6) is 0.728. The number of likely N-dealkylation sites (N-methyl/N-ethyl adjacent to an activating group) is 1. The molecule has 0 aliphatic carbocycles. The highest BCUT2D eigenvalue weighted by Crippen LogP contribution is 2.30. The number of hydrogen-bond acceptors (Lipinski definition) is 5. The Kier molecular flexibility index (Phi) is 7.23. The Morgan fingerprint density at radius 2 is 1.82 bits per heavy atom. The van der Waals surface area contributed by atoms with Crippen LogP contribution in [0.4, 0.5) is 24.5 Å². The second kappa shape index (κ2) is 10.6. The molecule has 0 radical (unpaired) electrons. The lowest BCUT2D eigenvalue weighted by Gasteiger charge is -2.46. The highest BCUT2D eigenvalue weighted by Gasteiger charge is 2.32. The van der Waals surface area contributed by atoms with Crippen LogP contribution in [-0.2, 0) is 25.9 Å². The Labute approximate surface area is 220 Å². The summed E-state index contributed by atoms with van der Waals surface area (Å²) in [6, 6.07) is 14.4. The van der Waals surface area contributed by atoms with Crippen LogP contribution in [0.2, 0.25) is 0 Å². The van der Waals surface area contributed by atoms with E-state index in [1.165, 1.54) is 12.1 Å². The first-order chi connectivity index (χ1) is 18.2. The molecule has 0 bridgehead atoms. The monoisotopic (exact) mass is 527 g/mol. The van der Waals surface area contributed by atoms with Gasteiger partial charge in [0.05, 0.1) is 11.7 Å². The molecule has 38 heavy (non-hydrogen) atoms. The van der Waals surface area contributed by atoms with Gasteiger partial charge in [0.15, 0.2) is 0 Å². The van der Waals surface area contributed by atoms with Gasteiger partial charge in [0.2, 0.25) is 0 Å². The summed E-state index contributed by atoms with van der Waals surface area (Å²) < 4.78 is 43.1. The molecule has 3 heterocycles. The molecular formula is C28H32F3N5O2. The lowest BCUT2D eigenvalue weighted by Crippen LogP contribution is -2.58. The Bertz CT molecular complexity index is 1270. The summed E-state index contributed by atoms with van der Waals surface area (Å²) in [6.07, 6.45) is -0.832. The van der Waals surface area contributed by atoms with Gasteiger partial charge in [-0.25, -0.2) is 4.98 Å². The first-order valence-electron chi connectivity index (χ1n) is 13.0. The van der Waals surface area contributed by atoms with Crippen LogP contribution in [-0.4, -0.2) is 48.0 Å². The van der Waals surface area contributed by atoms with E-state index in [2.05, 4.69) is 24.4 Å². The van der Waals surface area contributed by atoms with Gasteiger partial charge >= 0.3 is 6.36 Å². The molecule has 2 aliphatic rings. The molecule has 2 aliphatic heterocycles. The number of nitrogens with zero attached hydrogens (tertiary/aromatic N) is 4. The first-order valence-corrected chi connectivity index (χ1v) is 13.0. The maximum Gasteiger partial charge on any atom is 0.573 e. The number of hydrogen-bond donors (Lipinski definition) is 1. The van der Waals surface area contributed by atoms with E-state index in [0.29, 0.717) is 12.2 Å². The van der Waals surface area contributed by atoms with Crippen LogP contribution in [0.5, 0.6) is 5.75 Å². The third-order valence-electron chi connectivity index (χ3n) is 7.34. The largest absolute Gasteiger partial charge is 0.573 e. The van der Waals surface area contributed by atoms with Crippen LogP contribution >= 0.6 is 0 Å². The first kappa shape index (κ1) is 25.9. The van der Waals surface area contributed by atoms with E-state index in [1.807, 2.05) is 38.2 Å². The number of carbonyl (C=O) groups excluding carboxylic acids is 1. The van der Waals surface area contributed by atoms with Crippen molar-refractivity contribution < 1.29 is 22.7 Å². The minimum absolute atomic E-state index is 0.0729. The fraction of sp³-hybridized carbons (Fsp3) is 0.429. The van der Waals surface area contributed by atoms with Crippen molar-refractivity contribution in [3.63, 3.8) is 0 Å². The van der Waals surface area contributed by atoms with Crippen molar-refractivity contribution >= 4 is 17.3 Å². The standard InChI is InChI=1S/C28H32F3N5O2/c1-3-24-26(36-15-5-4-6-25(36)33-24)27(37)32-16-19-7-9-20(10-8-19)34(2)22-17-35(18-22)21-11-13-23(14-12-21)38-28(29,30)31/h7-14,22H,3-6,15-18H2,1-2H3,(H,32,37). The fourth-order valence-electron chi connectivity index (χ4n) is 5.13. The van der Waals surface area contributed by atoms with Gasteiger partial charge in [0, 0.05) is 51.0 Å². The summed E-state index contributed by atoms with van der Waals surface area (Å²) in [6.45, 7) is 4.86. The molecular weight excluding hydrogens is 495 g/mol. The second-order valence-corrected chi connectivity index (χ2v) is 9.85. The molecule has 5 rings (SSSR count). The molecule has 1 N–H and O–H groups in total. The van der Waals surface area contributed by atoms with Gasteiger partial charge in [-0.2, -0.15) is 0 Å². The molecule has 0 saturated carbocycles. The molecule has 202 valence electrons. The second-order valence-electron chi connectivity index (χ2n) is 9.85. The normalized spacial score (nSPS) is 15.6. The van der Waals surface area contributed by atoms with Crippen molar-refractivity contribution in [1.82, 2.24) is 14.9 Å². The van der Waals surface area contributed by atoms with Crippen LogP contribution in [0.15, 0.2) is 48.5 Å². The van der Waals surface area contributed by atoms with Gasteiger partial charge in [-0.3, -0.25) is 4.79 Å². The Balaban J connectivity index is 1.13. The maximum absolute atomic E-state index is 13.0. The van der Waals surface area contributed by atoms with Crippen LogP contribution in [0.25, 0.3) is 0 Å². The highest BCUT2D eigenvalue weighted by molar-refractivity contribution is 5.94. The molecule has 10 heteroatoms. The fourth-order valence-corrected chi connectivity index (χ4v) is 5.13. The quantitative estimate of drug-likeness (QED) is 0.450. The minimum Gasteiger partial charge on any atom is -0.406 e. The smallest absolute Gasteiger partial charge is 0.406 e. The van der Waals surface area contributed by atoms with Gasteiger partial charge in [0.25, 0.3) is 5.91 Å². The molecule has 1 amide bonds. The predicted molar refractivity (Wildman–Crippen MR) is 140 cm³/mol. The third-order valence-corrected chi connectivity index (χ3v) is 7.34. The highest BCUT2D eigenvalue weighted by atomic mass is 19.4. The summed E-state index contributed by atoms with van der Waals surface area (Å²) in [5, 5.41) is 3.07. The van der Waals surface area contributed by atoms with E-state index >= 15 is 0 Å². The van der Waals surface area contributed by atoms with Crippen LogP contribution in [0, 0.1) is 0 Å². The number of imidazole rings is 1. The Morgan fingerprint density at radius 3 is 2.47 bits per heavy atom. The topological polar surface area (TPSA) is 62.6 Å². The van der Waals surface area contributed by atoms with Crippen molar-refractivity contribution in [2.45, 2.75) is 58.1 Å². The summed E-state index contributed by atoms with van der Waals surface area (Å²) >= 11 is 0. The zero-order valence-corrected chi connectivity index (χ0v) is 21.6. The molecule has 1 fully saturated rings. The number of aromatic nitrogens is 2. The summed E-state index contributed by atoms with van der Waals surface area (Å²) in [4.78, 5) is 22.0. The number of amides is 1. The van der Waals surface area contributed by atoms with Crippen molar-refractivity contribution in [3.8, 4) is 5.75 Å². The van der Waals surface area contributed by atoms with Gasteiger partial charge in [-0.1, -0.05) is 19.1 Å². The van der Waals surface area contributed by atoms with E-state index < -0.39 is 6.36 Å². The van der Waals surface area contributed by atoms with Crippen molar-refractivity contribution in [1.29, 1.82) is 0 Å². The van der Waals surface area contributed by atoms with Crippen LogP contribution in [0.1, 0.15) is 47.3 Å². The maximum atomic E-state index is 13.0. The number of carbonyl (C=O) groups is 1. The molecule has 1 aromatic heterocycles. The van der Waals surface area contributed by atoms with E-state index in [4.69, 9.17) is 4.98 Å². The lowest BCUT2D eigenvalue weighted by atomic mass is 10.0. The number of benzene rings is 2. The number of ether oxygens (including phenoxy) is 1. The van der Waals surface area contributed by atoms with Crippen molar-refractivity contribution in [2.75, 3.05) is 29.9 Å². The molecule has 2 aromatic carbocycles. The number of alkyl halides is 3. The van der Waals surface area contributed by atoms with Crippen LogP contribution < -0.4 is 19.9 Å².